The minimum atomic E-state index is -4.45. The van der Waals surface area contributed by atoms with Gasteiger partial charge in [-0.25, -0.2) is 9.97 Å². The molecule has 0 spiro atoms. The van der Waals surface area contributed by atoms with Crippen LogP contribution in [0.5, 0.6) is 5.75 Å². The summed E-state index contributed by atoms with van der Waals surface area (Å²) in [6.07, 6.45) is 1.82. The number of hydrogen-bond acceptors (Lipinski definition) is 5. The standard InChI is InChI=1S/C27H31F3N4O/c1-35-22-4-2-3-21(15-22)18-33(16-19-5-6-19)17-20-10-13-34(14-11-20)26-23-7-8-25(27(28,29)30)32-24(23)9-12-31-26/h2-4,7-9,12,15,19-20H,5-6,10-11,13-14,16-18H2,1H3. The fourth-order valence-corrected chi connectivity index (χ4v) is 5.04. The Hall–Kier alpha value is -2.87. The zero-order valence-corrected chi connectivity index (χ0v) is 20.0. The molecular weight excluding hydrogens is 453 g/mol. The van der Waals surface area contributed by atoms with E-state index in [0.29, 0.717) is 16.8 Å². The summed E-state index contributed by atoms with van der Waals surface area (Å²) in [4.78, 5) is 13.1. The van der Waals surface area contributed by atoms with Gasteiger partial charge in [0.15, 0.2) is 0 Å². The fraction of sp³-hybridized carbons (Fsp3) is 0.481. The van der Waals surface area contributed by atoms with Crippen molar-refractivity contribution in [2.45, 2.75) is 38.4 Å². The highest BCUT2D eigenvalue weighted by Crippen LogP contribution is 2.34. The van der Waals surface area contributed by atoms with E-state index in [1.54, 1.807) is 19.4 Å². The first-order valence-corrected chi connectivity index (χ1v) is 12.3. The van der Waals surface area contributed by atoms with E-state index in [1.807, 2.05) is 12.1 Å². The van der Waals surface area contributed by atoms with Crippen molar-refractivity contribution in [2.24, 2.45) is 11.8 Å². The zero-order chi connectivity index (χ0) is 24.4. The molecule has 1 aromatic carbocycles. The number of hydrogen-bond donors (Lipinski definition) is 0. The molecule has 2 fully saturated rings. The van der Waals surface area contributed by atoms with Crippen LogP contribution in [0.25, 0.3) is 10.9 Å². The van der Waals surface area contributed by atoms with E-state index in [-0.39, 0.29) is 0 Å². The van der Waals surface area contributed by atoms with Gasteiger partial charge in [-0.05, 0) is 73.4 Å². The van der Waals surface area contributed by atoms with Crippen molar-refractivity contribution in [1.29, 1.82) is 0 Å². The average molecular weight is 485 g/mol. The average Bonchev–Trinajstić information content (AvgIpc) is 3.67. The van der Waals surface area contributed by atoms with Crippen molar-refractivity contribution in [1.82, 2.24) is 14.9 Å². The molecule has 186 valence electrons. The second-order valence-corrected chi connectivity index (χ2v) is 9.81. The van der Waals surface area contributed by atoms with Gasteiger partial charge >= 0.3 is 6.18 Å². The van der Waals surface area contributed by atoms with E-state index in [0.717, 1.165) is 69.1 Å². The molecule has 5 rings (SSSR count). The first-order valence-electron chi connectivity index (χ1n) is 12.3. The van der Waals surface area contributed by atoms with Crippen LogP contribution in [0.1, 0.15) is 36.9 Å². The third kappa shape index (κ3) is 5.86. The van der Waals surface area contributed by atoms with Crippen LogP contribution in [-0.4, -0.2) is 48.2 Å². The van der Waals surface area contributed by atoms with Gasteiger partial charge in [0, 0.05) is 44.3 Å². The van der Waals surface area contributed by atoms with Gasteiger partial charge in [-0.15, -0.1) is 0 Å². The van der Waals surface area contributed by atoms with Gasteiger partial charge in [0.05, 0.1) is 12.6 Å². The van der Waals surface area contributed by atoms with E-state index in [4.69, 9.17) is 4.74 Å². The topological polar surface area (TPSA) is 41.5 Å². The van der Waals surface area contributed by atoms with Crippen LogP contribution in [-0.2, 0) is 12.7 Å². The van der Waals surface area contributed by atoms with Gasteiger partial charge in [0.25, 0.3) is 0 Å². The van der Waals surface area contributed by atoms with Crippen LogP contribution in [0.3, 0.4) is 0 Å². The normalized spacial score (nSPS) is 17.3. The Balaban J connectivity index is 1.24. The number of halogens is 3. The summed E-state index contributed by atoms with van der Waals surface area (Å²) in [5.41, 5.74) is 0.738. The van der Waals surface area contributed by atoms with Crippen molar-refractivity contribution in [2.75, 3.05) is 38.2 Å². The number of ether oxygens (including phenoxy) is 1. The van der Waals surface area contributed by atoms with Crippen molar-refractivity contribution >= 4 is 16.7 Å². The van der Waals surface area contributed by atoms with Gasteiger partial charge in [-0.1, -0.05) is 12.1 Å². The van der Waals surface area contributed by atoms with E-state index in [2.05, 4.69) is 31.9 Å². The largest absolute Gasteiger partial charge is 0.497 e. The Kier molecular flexibility index (Phi) is 6.82. The fourth-order valence-electron chi connectivity index (χ4n) is 5.04. The van der Waals surface area contributed by atoms with Crippen LogP contribution in [0.15, 0.2) is 48.7 Å². The highest BCUT2D eigenvalue weighted by atomic mass is 19.4. The molecule has 1 saturated carbocycles. The van der Waals surface area contributed by atoms with Gasteiger partial charge in [-0.3, -0.25) is 4.90 Å². The maximum Gasteiger partial charge on any atom is 0.433 e. The molecule has 0 radical (unpaired) electrons. The van der Waals surface area contributed by atoms with Gasteiger partial charge in [0.1, 0.15) is 17.3 Å². The maximum absolute atomic E-state index is 13.1. The summed E-state index contributed by atoms with van der Waals surface area (Å²) in [7, 11) is 1.70. The number of piperidine rings is 1. The van der Waals surface area contributed by atoms with Crippen LogP contribution < -0.4 is 9.64 Å². The lowest BCUT2D eigenvalue weighted by Crippen LogP contribution is -2.39. The number of benzene rings is 1. The van der Waals surface area contributed by atoms with Crippen LogP contribution in [0, 0.1) is 11.8 Å². The molecule has 0 amide bonds. The highest BCUT2D eigenvalue weighted by Gasteiger charge is 2.33. The van der Waals surface area contributed by atoms with Crippen molar-refractivity contribution < 1.29 is 17.9 Å². The third-order valence-corrected chi connectivity index (χ3v) is 7.07. The number of pyridine rings is 2. The number of rotatable bonds is 8. The lowest BCUT2D eigenvalue weighted by Gasteiger charge is -2.36. The van der Waals surface area contributed by atoms with Crippen LogP contribution in [0.4, 0.5) is 19.0 Å². The lowest BCUT2D eigenvalue weighted by molar-refractivity contribution is -0.140. The van der Waals surface area contributed by atoms with Gasteiger partial charge < -0.3 is 9.64 Å². The van der Waals surface area contributed by atoms with E-state index in [9.17, 15) is 13.2 Å². The Morgan fingerprint density at radius 1 is 1.00 bits per heavy atom. The van der Waals surface area contributed by atoms with Gasteiger partial charge in [0.2, 0.25) is 0 Å². The molecule has 1 aliphatic carbocycles. The summed E-state index contributed by atoms with van der Waals surface area (Å²) < 4.78 is 44.6. The number of methoxy groups -OCH3 is 1. The smallest absolute Gasteiger partial charge is 0.433 e. The molecule has 2 aromatic heterocycles. The molecule has 1 aliphatic heterocycles. The van der Waals surface area contributed by atoms with E-state index in [1.165, 1.54) is 24.5 Å². The number of fused-ring (bicyclic) bond motifs is 1. The molecule has 8 heteroatoms. The number of nitrogens with zero attached hydrogens (tertiary/aromatic N) is 4. The van der Waals surface area contributed by atoms with Crippen LogP contribution >= 0.6 is 0 Å². The summed E-state index contributed by atoms with van der Waals surface area (Å²) in [6.45, 7) is 4.80. The van der Waals surface area contributed by atoms with Crippen molar-refractivity contribution in [3.05, 3.63) is 59.9 Å². The summed E-state index contributed by atoms with van der Waals surface area (Å²) in [6, 6.07) is 12.4. The molecule has 0 atom stereocenters. The second-order valence-electron chi connectivity index (χ2n) is 9.81. The first-order chi connectivity index (χ1) is 16.9. The van der Waals surface area contributed by atoms with Crippen molar-refractivity contribution in [3.63, 3.8) is 0 Å². The molecule has 1 saturated heterocycles. The number of aromatic nitrogens is 2. The number of alkyl halides is 3. The Labute approximate surface area is 203 Å². The molecule has 0 N–H and O–H groups in total. The monoisotopic (exact) mass is 484 g/mol. The molecule has 0 bridgehead atoms. The Bertz CT molecular complexity index is 1160. The molecule has 2 aliphatic rings. The van der Waals surface area contributed by atoms with E-state index < -0.39 is 11.9 Å². The highest BCUT2D eigenvalue weighted by molar-refractivity contribution is 5.89. The molecule has 3 heterocycles. The minimum absolute atomic E-state index is 0.334. The lowest BCUT2D eigenvalue weighted by atomic mass is 9.95. The van der Waals surface area contributed by atoms with Crippen molar-refractivity contribution in [3.8, 4) is 5.75 Å². The quantitative estimate of drug-likeness (QED) is 0.405. The third-order valence-electron chi connectivity index (χ3n) is 7.07. The number of anilines is 1. The summed E-state index contributed by atoms with van der Waals surface area (Å²) in [5, 5.41) is 0.673. The summed E-state index contributed by atoms with van der Waals surface area (Å²) >= 11 is 0. The molecule has 0 unspecified atom stereocenters. The molecule has 35 heavy (non-hydrogen) atoms. The Morgan fingerprint density at radius 2 is 1.74 bits per heavy atom. The molecule has 5 nitrogen and oxygen atoms in total. The molecular formula is C27H31F3N4O. The zero-order valence-electron chi connectivity index (χ0n) is 20.0. The molecule has 3 aromatic rings. The first kappa shape index (κ1) is 23.9. The Morgan fingerprint density at radius 3 is 2.43 bits per heavy atom. The van der Waals surface area contributed by atoms with Gasteiger partial charge in [-0.2, -0.15) is 13.2 Å². The minimum Gasteiger partial charge on any atom is -0.497 e. The SMILES string of the molecule is COc1cccc(CN(CC2CC2)CC2CCN(c3nccc4nc(C(F)(F)F)ccc34)CC2)c1. The maximum atomic E-state index is 13.1. The second kappa shape index (κ2) is 10.0. The van der Waals surface area contributed by atoms with E-state index >= 15 is 0 Å². The summed E-state index contributed by atoms with van der Waals surface area (Å²) in [5.74, 6) is 3.02. The predicted octanol–water partition coefficient (Wildman–Crippen LogP) is 5.79. The van der Waals surface area contributed by atoms with Crippen LogP contribution in [0.2, 0.25) is 0 Å². The predicted molar refractivity (Wildman–Crippen MR) is 130 cm³/mol.